The van der Waals surface area contributed by atoms with Crippen molar-refractivity contribution in [3.63, 3.8) is 0 Å². The average Bonchev–Trinajstić information content (AvgIpc) is 3.48. The maximum atomic E-state index is 12.3. The topological polar surface area (TPSA) is 111 Å². The third-order valence-corrected chi connectivity index (χ3v) is 6.35. The molecule has 2 heterocycles. The van der Waals surface area contributed by atoms with Crippen molar-refractivity contribution in [1.29, 1.82) is 5.26 Å². The van der Waals surface area contributed by atoms with Crippen LogP contribution in [0, 0.1) is 23.7 Å². The van der Waals surface area contributed by atoms with Crippen molar-refractivity contribution in [3.05, 3.63) is 63.2 Å². The first-order valence-electron chi connectivity index (χ1n) is 9.77. The summed E-state index contributed by atoms with van der Waals surface area (Å²) < 4.78 is 0. The first-order valence-corrected chi connectivity index (χ1v) is 11.0. The van der Waals surface area contributed by atoms with E-state index in [-0.39, 0.29) is 6.61 Å². The molecule has 0 saturated heterocycles. The Morgan fingerprint density at radius 1 is 1.38 bits per heavy atom. The Kier molecular flexibility index (Phi) is 6.11. The van der Waals surface area contributed by atoms with Gasteiger partial charge in [0.25, 0.3) is 0 Å². The molecule has 0 aliphatic heterocycles. The van der Waals surface area contributed by atoms with Gasteiger partial charge in [-0.3, -0.25) is 10.3 Å². The molecule has 0 spiro atoms. The molecule has 1 aliphatic rings. The van der Waals surface area contributed by atoms with Crippen LogP contribution in [0.2, 0.25) is 5.02 Å². The second-order valence-electron chi connectivity index (χ2n) is 7.35. The summed E-state index contributed by atoms with van der Waals surface area (Å²) in [4.78, 5) is 20.9. The fraction of sp³-hybridized carbons (Fsp3) is 0.217. The maximum Gasteiger partial charge on any atom is 0.320 e. The van der Waals surface area contributed by atoms with Crippen molar-refractivity contribution in [2.45, 2.75) is 24.3 Å². The molecule has 7 nitrogen and oxygen atoms in total. The number of hydrogen-bond acceptors (Lipinski definition) is 6. The van der Waals surface area contributed by atoms with E-state index in [0.29, 0.717) is 21.4 Å². The number of nitrogens with zero attached hydrogens (tertiary/aromatic N) is 3. The molecule has 2 aromatic heterocycles. The molecule has 32 heavy (non-hydrogen) atoms. The Labute approximate surface area is 194 Å². The van der Waals surface area contributed by atoms with Crippen LogP contribution < -0.4 is 10.6 Å². The molecule has 1 fully saturated rings. The summed E-state index contributed by atoms with van der Waals surface area (Å²) in [6, 6.07) is 10.2. The van der Waals surface area contributed by atoms with Crippen LogP contribution in [0.4, 0.5) is 10.6 Å². The molecule has 160 valence electrons. The summed E-state index contributed by atoms with van der Waals surface area (Å²) in [7, 11) is 0. The van der Waals surface area contributed by atoms with Crippen LogP contribution in [0.3, 0.4) is 0 Å². The van der Waals surface area contributed by atoms with E-state index >= 15 is 0 Å². The number of aliphatic hydroxyl groups excluding tert-OH is 1. The van der Waals surface area contributed by atoms with Gasteiger partial charge in [-0.2, -0.15) is 5.26 Å². The largest absolute Gasteiger partial charge is 0.394 e. The number of terminal acetylenes is 1. The summed E-state index contributed by atoms with van der Waals surface area (Å²) in [5, 5.41) is 27.2. The molecule has 2 amide bonds. The number of thiazole rings is 1. The molecule has 3 aromatic rings. The van der Waals surface area contributed by atoms with Crippen molar-refractivity contribution >= 4 is 34.8 Å². The van der Waals surface area contributed by atoms with Crippen molar-refractivity contribution in [2.24, 2.45) is 0 Å². The summed E-state index contributed by atoms with van der Waals surface area (Å²) in [6.07, 6.45) is 8.52. The normalized spacial score (nSPS) is 14.6. The molecular formula is C23H18ClN5O2S. The predicted molar refractivity (Wildman–Crippen MR) is 123 cm³/mol. The Morgan fingerprint density at radius 3 is 2.81 bits per heavy atom. The number of nitrogens with one attached hydrogen (secondary N) is 2. The Morgan fingerprint density at radius 2 is 2.19 bits per heavy atom. The molecule has 9 heteroatoms. The summed E-state index contributed by atoms with van der Waals surface area (Å²) in [5.74, 6) is 2.74. The van der Waals surface area contributed by atoms with Crippen molar-refractivity contribution < 1.29 is 9.90 Å². The number of halogens is 1. The number of benzene rings is 1. The highest BCUT2D eigenvalue weighted by Crippen LogP contribution is 2.50. The highest BCUT2D eigenvalue weighted by atomic mass is 35.5. The number of rotatable bonds is 6. The summed E-state index contributed by atoms with van der Waals surface area (Å²) in [6.45, 7) is -0.328. The van der Waals surface area contributed by atoms with E-state index in [1.165, 1.54) is 11.3 Å². The lowest BCUT2D eigenvalue weighted by atomic mass is 9.93. The van der Waals surface area contributed by atoms with E-state index in [0.717, 1.165) is 29.7 Å². The number of nitriles is 1. The highest BCUT2D eigenvalue weighted by Gasteiger charge is 2.47. The summed E-state index contributed by atoms with van der Waals surface area (Å²) in [5.41, 5.74) is 2.35. The Hall–Kier alpha value is -3.43. The van der Waals surface area contributed by atoms with Gasteiger partial charge in [-0.15, -0.1) is 17.8 Å². The van der Waals surface area contributed by atoms with Crippen molar-refractivity contribution in [3.8, 4) is 29.5 Å². The fourth-order valence-corrected chi connectivity index (χ4v) is 4.28. The SMILES string of the molecule is C#Cc1nc(NC(=O)NC(CO)c2ccc(-c3cccnc3C3(C#N)CC3)c(Cl)c2)cs1. The molecule has 1 saturated carbocycles. The quantitative estimate of drug-likeness (QED) is 0.473. The van der Waals surface area contributed by atoms with Gasteiger partial charge in [-0.25, -0.2) is 9.78 Å². The van der Waals surface area contributed by atoms with Gasteiger partial charge < -0.3 is 10.4 Å². The molecule has 4 rings (SSSR count). The lowest BCUT2D eigenvalue weighted by Gasteiger charge is -2.19. The van der Waals surface area contributed by atoms with E-state index in [1.807, 2.05) is 18.2 Å². The van der Waals surface area contributed by atoms with Gasteiger partial charge in [-0.05, 0) is 36.5 Å². The van der Waals surface area contributed by atoms with Crippen molar-refractivity contribution in [2.75, 3.05) is 11.9 Å². The molecular weight excluding hydrogens is 446 g/mol. The number of amides is 2. The average molecular weight is 464 g/mol. The van der Waals surface area contributed by atoms with E-state index in [9.17, 15) is 15.2 Å². The molecule has 1 aromatic carbocycles. The summed E-state index contributed by atoms with van der Waals surface area (Å²) >= 11 is 7.83. The lowest BCUT2D eigenvalue weighted by Crippen LogP contribution is -2.34. The van der Waals surface area contributed by atoms with E-state index in [2.05, 4.69) is 32.6 Å². The van der Waals surface area contributed by atoms with Gasteiger partial charge in [0.05, 0.1) is 24.4 Å². The van der Waals surface area contributed by atoms with Crippen LogP contribution in [0.5, 0.6) is 0 Å². The Bertz CT molecular complexity index is 1260. The Balaban J connectivity index is 1.54. The van der Waals surface area contributed by atoms with Crippen LogP contribution in [-0.4, -0.2) is 27.7 Å². The minimum absolute atomic E-state index is 0.328. The number of aliphatic hydroxyl groups is 1. The van der Waals surface area contributed by atoms with Crippen LogP contribution in [-0.2, 0) is 5.41 Å². The smallest absolute Gasteiger partial charge is 0.320 e. The van der Waals surface area contributed by atoms with Crippen LogP contribution >= 0.6 is 22.9 Å². The van der Waals surface area contributed by atoms with Gasteiger partial charge in [0.15, 0.2) is 5.01 Å². The first-order chi connectivity index (χ1) is 15.5. The molecule has 1 aliphatic carbocycles. The number of pyridine rings is 1. The third kappa shape index (κ3) is 4.30. The van der Waals surface area contributed by atoms with E-state index in [4.69, 9.17) is 18.0 Å². The first kappa shape index (κ1) is 21.8. The number of aromatic nitrogens is 2. The lowest BCUT2D eigenvalue weighted by molar-refractivity contribution is 0.225. The van der Waals surface area contributed by atoms with Gasteiger partial charge in [0, 0.05) is 27.7 Å². The molecule has 1 unspecified atom stereocenters. The monoisotopic (exact) mass is 463 g/mol. The second-order valence-corrected chi connectivity index (χ2v) is 8.61. The minimum atomic E-state index is -0.686. The number of anilines is 1. The van der Waals surface area contributed by atoms with Crippen molar-refractivity contribution in [1.82, 2.24) is 15.3 Å². The zero-order chi connectivity index (χ0) is 22.7. The third-order valence-electron chi connectivity index (χ3n) is 5.27. The molecule has 0 bridgehead atoms. The van der Waals surface area contributed by atoms with Crippen LogP contribution in [0.25, 0.3) is 11.1 Å². The molecule has 3 N–H and O–H groups in total. The standard InChI is InChI=1S/C23H18ClN5O2S/c1-2-20-28-19(12-32-20)29-22(31)27-18(11-30)14-5-6-15(17(24)10-14)16-4-3-9-26-21(16)23(13-25)7-8-23/h1,3-6,9-10,12,18,30H,7-8,11H2,(H2,27,29,31). The fourth-order valence-electron chi connectivity index (χ4n) is 3.44. The van der Waals surface area contributed by atoms with Gasteiger partial charge in [-0.1, -0.05) is 29.8 Å². The number of carbonyl (C=O) groups is 1. The molecule has 1 atom stereocenters. The van der Waals surface area contributed by atoms with E-state index in [1.54, 1.807) is 23.7 Å². The minimum Gasteiger partial charge on any atom is -0.394 e. The van der Waals surface area contributed by atoms with Gasteiger partial charge in [0.2, 0.25) is 0 Å². The van der Waals surface area contributed by atoms with E-state index < -0.39 is 17.5 Å². The zero-order valence-electron chi connectivity index (χ0n) is 16.8. The van der Waals surface area contributed by atoms with Crippen LogP contribution in [0.1, 0.15) is 35.1 Å². The highest BCUT2D eigenvalue weighted by molar-refractivity contribution is 7.10. The van der Waals surface area contributed by atoms with Crippen LogP contribution in [0.15, 0.2) is 41.9 Å². The van der Waals surface area contributed by atoms with Gasteiger partial charge in [0.1, 0.15) is 11.2 Å². The zero-order valence-corrected chi connectivity index (χ0v) is 18.4. The van der Waals surface area contributed by atoms with Gasteiger partial charge >= 0.3 is 6.03 Å². The number of carbonyl (C=O) groups excluding carboxylic acids is 1. The second kappa shape index (κ2) is 8.97. The predicted octanol–water partition coefficient (Wildman–Crippen LogP) is 4.25. The number of hydrogen-bond donors (Lipinski definition) is 3. The number of urea groups is 1. The maximum absolute atomic E-state index is 12.3. The molecule has 0 radical (unpaired) electrons.